The maximum Gasteiger partial charge on any atom is 0.247 e. The number of sulfone groups is 1. The third-order valence-corrected chi connectivity index (χ3v) is 7.49. The third kappa shape index (κ3) is 8.08. The van der Waals surface area contributed by atoms with Crippen molar-refractivity contribution in [2.75, 3.05) is 59.7 Å². The second-order valence-corrected chi connectivity index (χ2v) is 10.7. The SMILES string of the molecule is COc1cc(OC)c(/C=C/S(=O)(=O)Cc2ccc(OC)c(N(CCO)C(=O)C(N)(CCO)CCO)c2)c(OC)c1. The Bertz CT molecular complexity index is 1250. The Hall–Kier alpha value is -3.36. The standard InChI is InChI=1S/C27H38N2O10S/c1-36-20-16-24(38-3)21(25(17-20)39-4)7-14-40(34,35)18-19-5-6-23(37-2)22(15-19)29(10-13-32)26(33)27(28,8-11-30)9-12-31/h5-7,14-17,30-32H,8-13,18,28H2,1-4H3/b14-7+. The number of methoxy groups -OCH3 is 4. The van der Waals surface area contributed by atoms with E-state index in [4.69, 9.17) is 24.7 Å². The van der Waals surface area contributed by atoms with Crippen molar-refractivity contribution in [1.82, 2.24) is 0 Å². The summed E-state index contributed by atoms with van der Waals surface area (Å²) in [6.07, 6.45) is 1.10. The zero-order valence-corrected chi connectivity index (χ0v) is 23.9. The van der Waals surface area contributed by atoms with Crippen molar-refractivity contribution in [2.45, 2.75) is 24.1 Å². The number of nitrogens with two attached hydrogens (primary N) is 1. The molecule has 0 radical (unpaired) electrons. The van der Waals surface area contributed by atoms with Crippen LogP contribution in [0, 0.1) is 0 Å². The van der Waals surface area contributed by atoms with E-state index in [1.54, 1.807) is 18.2 Å². The molecule has 0 bridgehead atoms. The summed E-state index contributed by atoms with van der Waals surface area (Å²) in [5.41, 5.74) is 5.55. The molecule has 222 valence electrons. The van der Waals surface area contributed by atoms with Gasteiger partial charge in [-0.05, 0) is 36.6 Å². The van der Waals surface area contributed by atoms with Crippen LogP contribution in [-0.2, 0) is 20.4 Å². The van der Waals surface area contributed by atoms with E-state index >= 15 is 0 Å². The number of carbonyl (C=O) groups excluding carboxylic acids is 1. The van der Waals surface area contributed by atoms with E-state index < -0.39 is 46.9 Å². The smallest absolute Gasteiger partial charge is 0.247 e. The molecule has 2 aromatic rings. The molecule has 0 saturated carbocycles. The molecule has 1 amide bonds. The average molecular weight is 583 g/mol. The quantitative estimate of drug-likeness (QED) is 0.223. The zero-order chi connectivity index (χ0) is 29.9. The summed E-state index contributed by atoms with van der Waals surface area (Å²) in [7, 11) is 1.90. The minimum atomic E-state index is -3.85. The molecule has 12 nitrogen and oxygen atoms in total. The fraction of sp³-hybridized carbons (Fsp3) is 0.444. The first kappa shape index (κ1) is 32.8. The topological polar surface area (TPSA) is 178 Å². The molecule has 2 rings (SSSR count). The van der Waals surface area contributed by atoms with Crippen LogP contribution in [0.3, 0.4) is 0 Å². The molecular formula is C27H38N2O10S. The van der Waals surface area contributed by atoms with Crippen LogP contribution in [0.1, 0.15) is 24.0 Å². The van der Waals surface area contributed by atoms with Gasteiger partial charge in [0.1, 0.15) is 28.5 Å². The van der Waals surface area contributed by atoms with Crippen molar-refractivity contribution in [3.8, 4) is 23.0 Å². The van der Waals surface area contributed by atoms with Gasteiger partial charge in [-0.1, -0.05) is 6.07 Å². The number of hydrogen-bond donors (Lipinski definition) is 4. The Labute approximate surface area is 234 Å². The predicted octanol–water partition coefficient (Wildman–Crippen LogP) is 1.09. The van der Waals surface area contributed by atoms with Gasteiger partial charge in [-0.15, -0.1) is 0 Å². The predicted molar refractivity (Wildman–Crippen MR) is 151 cm³/mol. The fourth-order valence-corrected chi connectivity index (χ4v) is 5.21. The second kappa shape index (κ2) is 14.9. The van der Waals surface area contributed by atoms with Crippen LogP contribution in [0.5, 0.6) is 23.0 Å². The van der Waals surface area contributed by atoms with Crippen LogP contribution in [0.2, 0.25) is 0 Å². The molecule has 5 N–H and O–H groups in total. The van der Waals surface area contributed by atoms with Crippen molar-refractivity contribution in [1.29, 1.82) is 0 Å². The lowest BCUT2D eigenvalue weighted by Gasteiger charge is -2.34. The molecule has 0 fully saturated rings. The molecule has 0 atom stereocenters. The normalized spacial score (nSPS) is 11.9. The first-order valence-corrected chi connectivity index (χ1v) is 14.1. The van der Waals surface area contributed by atoms with Gasteiger partial charge in [0.05, 0.1) is 52.0 Å². The molecule has 0 aliphatic heterocycles. The van der Waals surface area contributed by atoms with Crippen molar-refractivity contribution >= 4 is 27.5 Å². The van der Waals surface area contributed by atoms with Crippen LogP contribution in [-0.4, -0.2) is 90.0 Å². The monoisotopic (exact) mass is 582 g/mol. The number of aliphatic hydroxyl groups excluding tert-OH is 3. The van der Waals surface area contributed by atoms with E-state index in [1.807, 2.05) is 0 Å². The number of benzene rings is 2. The number of nitrogens with zero attached hydrogens (tertiary/aromatic N) is 1. The van der Waals surface area contributed by atoms with Crippen molar-refractivity contribution in [3.63, 3.8) is 0 Å². The second-order valence-electron chi connectivity index (χ2n) is 8.85. The Morgan fingerprint density at radius 2 is 1.48 bits per heavy atom. The highest BCUT2D eigenvalue weighted by Gasteiger charge is 2.38. The third-order valence-electron chi connectivity index (χ3n) is 6.21. The summed E-state index contributed by atoms with van der Waals surface area (Å²) in [4.78, 5) is 14.6. The molecule has 0 saturated heterocycles. The molecule has 40 heavy (non-hydrogen) atoms. The number of hydrogen-bond acceptors (Lipinski definition) is 11. The van der Waals surface area contributed by atoms with Crippen molar-refractivity contribution in [3.05, 3.63) is 46.9 Å². The summed E-state index contributed by atoms with van der Waals surface area (Å²) in [5, 5.41) is 29.6. The van der Waals surface area contributed by atoms with Gasteiger partial charge in [-0.2, -0.15) is 0 Å². The molecule has 0 aromatic heterocycles. The average Bonchev–Trinajstić information content (AvgIpc) is 2.93. The number of ether oxygens (including phenoxy) is 4. The highest BCUT2D eigenvalue weighted by molar-refractivity contribution is 7.93. The van der Waals surface area contributed by atoms with Gasteiger partial charge in [-0.3, -0.25) is 4.79 Å². The van der Waals surface area contributed by atoms with Gasteiger partial charge < -0.3 is 44.9 Å². The summed E-state index contributed by atoms with van der Waals surface area (Å²) in [5.74, 6) is 0.319. The minimum absolute atomic E-state index is 0.131. The number of aliphatic hydroxyl groups is 3. The van der Waals surface area contributed by atoms with Crippen LogP contribution in [0.25, 0.3) is 6.08 Å². The van der Waals surface area contributed by atoms with Gasteiger partial charge in [0, 0.05) is 37.3 Å². The Balaban J connectivity index is 2.48. The van der Waals surface area contributed by atoms with Crippen LogP contribution in [0.4, 0.5) is 5.69 Å². The highest BCUT2D eigenvalue weighted by atomic mass is 32.2. The lowest BCUT2D eigenvalue weighted by atomic mass is 9.91. The maximum atomic E-state index is 13.5. The van der Waals surface area contributed by atoms with Crippen molar-refractivity contribution in [2.24, 2.45) is 5.73 Å². The lowest BCUT2D eigenvalue weighted by Crippen LogP contribution is -2.57. The first-order chi connectivity index (χ1) is 19.0. The van der Waals surface area contributed by atoms with Gasteiger partial charge >= 0.3 is 0 Å². The van der Waals surface area contributed by atoms with E-state index in [-0.39, 0.29) is 30.8 Å². The molecule has 0 aliphatic rings. The van der Waals surface area contributed by atoms with E-state index in [0.717, 1.165) is 5.41 Å². The van der Waals surface area contributed by atoms with Gasteiger partial charge in [-0.25, -0.2) is 8.42 Å². The van der Waals surface area contributed by atoms with Gasteiger partial charge in [0.15, 0.2) is 9.84 Å². The Morgan fingerprint density at radius 3 is 1.95 bits per heavy atom. The Morgan fingerprint density at radius 1 is 0.900 bits per heavy atom. The summed E-state index contributed by atoms with van der Waals surface area (Å²) in [6.45, 7) is -1.42. The largest absolute Gasteiger partial charge is 0.496 e. The summed E-state index contributed by atoms with van der Waals surface area (Å²) < 4.78 is 47.6. The van der Waals surface area contributed by atoms with Crippen LogP contribution >= 0.6 is 0 Å². The molecule has 2 aromatic carbocycles. The summed E-state index contributed by atoms with van der Waals surface area (Å²) >= 11 is 0. The molecule has 0 aliphatic carbocycles. The number of rotatable bonds is 16. The summed E-state index contributed by atoms with van der Waals surface area (Å²) in [6, 6.07) is 7.71. The van der Waals surface area contributed by atoms with E-state index in [2.05, 4.69) is 0 Å². The van der Waals surface area contributed by atoms with E-state index in [9.17, 15) is 28.5 Å². The molecular weight excluding hydrogens is 544 g/mol. The number of anilines is 1. The first-order valence-electron chi connectivity index (χ1n) is 12.3. The molecule has 0 heterocycles. The Kier molecular flexibility index (Phi) is 12.2. The lowest BCUT2D eigenvalue weighted by molar-refractivity contribution is -0.125. The molecule has 0 spiro atoms. The van der Waals surface area contributed by atoms with Gasteiger partial charge in [0.2, 0.25) is 5.91 Å². The molecule has 0 unspecified atom stereocenters. The van der Waals surface area contributed by atoms with Crippen molar-refractivity contribution < 1.29 is 47.5 Å². The minimum Gasteiger partial charge on any atom is -0.496 e. The zero-order valence-electron chi connectivity index (χ0n) is 23.1. The molecule has 13 heteroatoms. The van der Waals surface area contributed by atoms with Crippen LogP contribution in [0.15, 0.2) is 35.7 Å². The van der Waals surface area contributed by atoms with Gasteiger partial charge in [0.25, 0.3) is 0 Å². The van der Waals surface area contributed by atoms with E-state index in [0.29, 0.717) is 28.4 Å². The van der Waals surface area contributed by atoms with E-state index in [1.165, 1.54) is 51.5 Å². The van der Waals surface area contributed by atoms with Crippen LogP contribution < -0.4 is 29.6 Å². The fourth-order valence-electron chi connectivity index (χ4n) is 4.12. The highest BCUT2D eigenvalue weighted by Crippen LogP contribution is 2.36. The maximum absolute atomic E-state index is 13.5. The number of amides is 1. The number of carbonyl (C=O) groups is 1.